The molecule has 0 saturated carbocycles. The number of rotatable bonds is 3. The van der Waals surface area contributed by atoms with Gasteiger partial charge < -0.3 is 9.72 Å². The van der Waals surface area contributed by atoms with E-state index >= 15 is 0 Å². The fourth-order valence-electron chi connectivity index (χ4n) is 2.25. The second-order valence-corrected chi connectivity index (χ2v) is 5.49. The zero-order chi connectivity index (χ0) is 15.0. The Kier molecular flexibility index (Phi) is 3.51. The van der Waals surface area contributed by atoms with E-state index in [4.69, 9.17) is 4.74 Å². The molecule has 1 N–H and O–H groups in total. The van der Waals surface area contributed by atoms with Crippen molar-refractivity contribution in [2.45, 2.75) is 0 Å². The van der Waals surface area contributed by atoms with Crippen LogP contribution in [0.5, 0.6) is 5.75 Å². The SMILES string of the molecule is COc1ccc(C(=O)c2c[nH]c3cc(Br)ccc23)cc1F. The lowest BCUT2D eigenvalue weighted by molar-refractivity contribution is 0.104. The number of H-pyrrole nitrogens is 1. The molecule has 0 saturated heterocycles. The number of carbonyl (C=O) groups excluding carboxylic acids is 1. The van der Waals surface area contributed by atoms with Crippen molar-refractivity contribution in [3.05, 3.63) is 64.0 Å². The number of ether oxygens (including phenoxy) is 1. The largest absolute Gasteiger partial charge is 0.494 e. The number of nitrogens with one attached hydrogen (secondary N) is 1. The summed E-state index contributed by atoms with van der Waals surface area (Å²) in [5.41, 5.74) is 1.65. The van der Waals surface area contributed by atoms with E-state index in [1.165, 1.54) is 19.2 Å². The molecule has 0 spiro atoms. The van der Waals surface area contributed by atoms with Crippen LogP contribution in [0.3, 0.4) is 0 Å². The number of halogens is 2. The molecule has 0 amide bonds. The molecule has 0 unspecified atom stereocenters. The molecule has 0 atom stereocenters. The van der Waals surface area contributed by atoms with Gasteiger partial charge in [0.1, 0.15) is 0 Å². The predicted molar refractivity (Wildman–Crippen MR) is 82.4 cm³/mol. The Labute approximate surface area is 128 Å². The standard InChI is InChI=1S/C16H11BrFNO2/c1-21-15-5-2-9(6-13(15)18)16(20)12-8-19-14-7-10(17)3-4-11(12)14/h2-8,19H,1H3. The van der Waals surface area contributed by atoms with Crippen LogP contribution in [0.25, 0.3) is 10.9 Å². The first-order valence-corrected chi connectivity index (χ1v) is 7.04. The van der Waals surface area contributed by atoms with Crippen molar-refractivity contribution < 1.29 is 13.9 Å². The van der Waals surface area contributed by atoms with E-state index in [2.05, 4.69) is 20.9 Å². The maximum absolute atomic E-state index is 13.7. The van der Waals surface area contributed by atoms with Gasteiger partial charge in [-0.2, -0.15) is 0 Å². The molecule has 0 aliphatic carbocycles. The smallest absolute Gasteiger partial charge is 0.195 e. The predicted octanol–water partition coefficient (Wildman–Crippen LogP) is 4.31. The number of methoxy groups -OCH3 is 1. The third kappa shape index (κ3) is 2.45. The topological polar surface area (TPSA) is 42.1 Å². The number of hydrogen-bond donors (Lipinski definition) is 1. The Morgan fingerprint density at radius 2 is 2.05 bits per heavy atom. The van der Waals surface area contributed by atoms with E-state index in [0.29, 0.717) is 5.56 Å². The normalized spacial score (nSPS) is 10.8. The van der Waals surface area contributed by atoms with Crippen LogP contribution >= 0.6 is 15.9 Å². The molecule has 3 nitrogen and oxygen atoms in total. The summed E-state index contributed by atoms with van der Waals surface area (Å²) in [5, 5.41) is 0.805. The Balaban J connectivity index is 2.06. The molecule has 5 heteroatoms. The molecular formula is C16H11BrFNO2. The van der Waals surface area contributed by atoms with Crippen LogP contribution in [0.4, 0.5) is 4.39 Å². The van der Waals surface area contributed by atoms with E-state index in [9.17, 15) is 9.18 Å². The van der Waals surface area contributed by atoms with Gasteiger partial charge in [-0.25, -0.2) is 4.39 Å². The van der Waals surface area contributed by atoms with Crippen molar-refractivity contribution in [2.24, 2.45) is 0 Å². The van der Waals surface area contributed by atoms with Crippen LogP contribution < -0.4 is 4.74 Å². The minimum atomic E-state index is -0.550. The zero-order valence-corrected chi connectivity index (χ0v) is 12.7. The van der Waals surface area contributed by atoms with Gasteiger partial charge in [0.25, 0.3) is 0 Å². The highest BCUT2D eigenvalue weighted by Crippen LogP contribution is 2.26. The third-order valence-corrected chi connectivity index (χ3v) is 3.80. The van der Waals surface area contributed by atoms with Gasteiger partial charge in [0.15, 0.2) is 17.3 Å². The fourth-order valence-corrected chi connectivity index (χ4v) is 2.61. The van der Waals surface area contributed by atoms with E-state index < -0.39 is 5.82 Å². The van der Waals surface area contributed by atoms with E-state index in [1.807, 2.05) is 18.2 Å². The third-order valence-electron chi connectivity index (χ3n) is 3.30. The van der Waals surface area contributed by atoms with Crippen LogP contribution in [-0.4, -0.2) is 17.9 Å². The van der Waals surface area contributed by atoms with Crippen molar-refractivity contribution in [3.63, 3.8) is 0 Å². The summed E-state index contributed by atoms with van der Waals surface area (Å²) >= 11 is 3.38. The second-order valence-electron chi connectivity index (χ2n) is 4.57. The van der Waals surface area contributed by atoms with Crippen LogP contribution in [0.1, 0.15) is 15.9 Å². The molecule has 1 heterocycles. The summed E-state index contributed by atoms with van der Waals surface area (Å²) in [6, 6.07) is 9.81. The maximum atomic E-state index is 13.7. The fraction of sp³-hybridized carbons (Fsp3) is 0.0625. The number of carbonyl (C=O) groups is 1. The van der Waals surface area contributed by atoms with Crippen LogP contribution in [0.15, 0.2) is 47.1 Å². The molecule has 106 valence electrons. The molecular weight excluding hydrogens is 337 g/mol. The monoisotopic (exact) mass is 347 g/mol. The molecule has 0 aliphatic heterocycles. The first-order chi connectivity index (χ1) is 10.1. The van der Waals surface area contributed by atoms with E-state index in [0.717, 1.165) is 15.4 Å². The van der Waals surface area contributed by atoms with Gasteiger partial charge in [-0.15, -0.1) is 0 Å². The first kappa shape index (κ1) is 13.8. The summed E-state index contributed by atoms with van der Waals surface area (Å²) in [5.74, 6) is -0.662. The lowest BCUT2D eigenvalue weighted by Gasteiger charge is -2.04. The Morgan fingerprint density at radius 3 is 2.76 bits per heavy atom. The van der Waals surface area contributed by atoms with Gasteiger partial charge in [-0.05, 0) is 30.3 Å². The highest BCUT2D eigenvalue weighted by atomic mass is 79.9. The molecule has 21 heavy (non-hydrogen) atoms. The van der Waals surface area contributed by atoms with Crippen molar-refractivity contribution in [1.82, 2.24) is 4.98 Å². The highest BCUT2D eigenvalue weighted by molar-refractivity contribution is 9.10. The molecule has 0 radical (unpaired) electrons. The van der Waals surface area contributed by atoms with Gasteiger partial charge in [-0.1, -0.05) is 22.0 Å². The van der Waals surface area contributed by atoms with Crippen molar-refractivity contribution in [3.8, 4) is 5.75 Å². The number of fused-ring (bicyclic) bond motifs is 1. The van der Waals surface area contributed by atoms with E-state index in [-0.39, 0.29) is 17.1 Å². The first-order valence-electron chi connectivity index (χ1n) is 6.25. The van der Waals surface area contributed by atoms with Gasteiger partial charge in [-0.3, -0.25) is 4.79 Å². The van der Waals surface area contributed by atoms with E-state index in [1.54, 1.807) is 12.3 Å². The van der Waals surface area contributed by atoms with Crippen molar-refractivity contribution in [1.29, 1.82) is 0 Å². The van der Waals surface area contributed by atoms with Gasteiger partial charge in [0, 0.05) is 32.7 Å². The van der Waals surface area contributed by atoms with Crippen molar-refractivity contribution in [2.75, 3.05) is 7.11 Å². The Morgan fingerprint density at radius 1 is 1.24 bits per heavy atom. The number of hydrogen-bond acceptors (Lipinski definition) is 2. The lowest BCUT2D eigenvalue weighted by atomic mass is 10.0. The maximum Gasteiger partial charge on any atom is 0.195 e. The van der Waals surface area contributed by atoms with Crippen molar-refractivity contribution >= 4 is 32.6 Å². The number of aromatic amines is 1. The minimum Gasteiger partial charge on any atom is -0.494 e. The summed E-state index contributed by atoms with van der Waals surface area (Å²) in [6.45, 7) is 0. The Hall–Kier alpha value is -2.14. The summed E-state index contributed by atoms with van der Waals surface area (Å²) in [6.07, 6.45) is 1.64. The number of ketones is 1. The quantitative estimate of drug-likeness (QED) is 0.717. The molecule has 3 rings (SSSR count). The number of benzene rings is 2. The molecule has 1 aromatic heterocycles. The van der Waals surface area contributed by atoms with Gasteiger partial charge in [0.05, 0.1) is 7.11 Å². The van der Waals surface area contributed by atoms with Gasteiger partial charge >= 0.3 is 0 Å². The summed E-state index contributed by atoms with van der Waals surface area (Å²) in [4.78, 5) is 15.6. The highest BCUT2D eigenvalue weighted by Gasteiger charge is 2.16. The average molecular weight is 348 g/mol. The minimum absolute atomic E-state index is 0.120. The lowest BCUT2D eigenvalue weighted by Crippen LogP contribution is -2.01. The molecule has 0 bridgehead atoms. The zero-order valence-electron chi connectivity index (χ0n) is 11.1. The number of aromatic nitrogens is 1. The van der Waals surface area contributed by atoms with Gasteiger partial charge in [0.2, 0.25) is 0 Å². The molecule has 3 aromatic rings. The Bertz CT molecular complexity index is 841. The summed E-state index contributed by atoms with van der Waals surface area (Å²) < 4.78 is 19.5. The van der Waals surface area contributed by atoms with Crippen LogP contribution in [-0.2, 0) is 0 Å². The molecule has 2 aromatic carbocycles. The summed E-state index contributed by atoms with van der Waals surface area (Å²) in [7, 11) is 1.39. The second kappa shape index (κ2) is 5.33. The average Bonchev–Trinajstić information content (AvgIpc) is 2.89. The molecule has 0 fully saturated rings. The molecule has 0 aliphatic rings. The van der Waals surface area contributed by atoms with Crippen LogP contribution in [0.2, 0.25) is 0 Å². The van der Waals surface area contributed by atoms with Crippen LogP contribution in [0, 0.1) is 5.82 Å².